The van der Waals surface area contributed by atoms with Crippen LogP contribution in [0.2, 0.25) is 0 Å². The number of morpholine rings is 1. The summed E-state index contributed by atoms with van der Waals surface area (Å²) in [5.41, 5.74) is 0.519. The van der Waals surface area contributed by atoms with E-state index >= 15 is 0 Å². The number of ether oxygens (including phenoxy) is 1. The van der Waals surface area contributed by atoms with E-state index in [0.29, 0.717) is 37.9 Å². The third-order valence-electron chi connectivity index (χ3n) is 5.52. The average Bonchev–Trinajstić information content (AvgIpc) is 2.68. The highest BCUT2D eigenvalue weighted by atomic mass is 32.2. The third-order valence-corrected chi connectivity index (χ3v) is 7.42. The molecule has 2 heterocycles. The monoisotopic (exact) mass is 396 g/mol. The van der Waals surface area contributed by atoms with Gasteiger partial charge in [0.2, 0.25) is 10.0 Å². The number of anilines is 1. The number of quaternary nitrogens is 1. The van der Waals surface area contributed by atoms with E-state index in [9.17, 15) is 13.2 Å². The zero-order chi connectivity index (χ0) is 19.4. The molecule has 2 fully saturated rings. The maximum absolute atomic E-state index is 12.8. The zero-order valence-corrected chi connectivity index (χ0v) is 16.9. The van der Waals surface area contributed by atoms with Gasteiger partial charge in [0.05, 0.1) is 31.2 Å². The second-order valence-corrected chi connectivity index (χ2v) is 9.55. The Morgan fingerprint density at radius 2 is 2.07 bits per heavy atom. The Morgan fingerprint density at radius 3 is 2.78 bits per heavy atom. The first-order valence-electron chi connectivity index (χ1n) is 9.71. The van der Waals surface area contributed by atoms with Gasteiger partial charge < -0.3 is 15.0 Å². The molecule has 2 saturated heterocycles. The van der Waals surface area contributed by atoms with E-state index in [1.165, 1.54) is 15.6 Å². The Bertz CT molecular complexity index is 762. The van der Waals surface area contributed by atoms with Gasteiger partial charge in [-0.3, -0.25) is 4.79 Å². The lowest BCUT2D eigenvalue weighted by Crippen LogP contribution is -3.17. The summed E-state index contributed by atoms with van der Waals surface area (Å²) in [7, 11) is -3.57. The van der Waals surface area contributed by atoms with Crippen LogP contribution < -0.4 is 10.2 Å². The number of piperidine rings is 1. The number of sulfonamides is 1. The number of amides is 1. The van der Waals surface area contributed by atoms with Crippen molar-refractivity contribution in [2.45, 2.75) is 37.6 Å². The third kappa shape index (κ3) is 4.87. The second-order valence-electron chi connectivity index (χ2n) is 7.62. The molecule has 3 rings (SSSR count). The van der Waals surface area contributed by atoms with Gasteiger partial charge in [0.1, 0.15) is 0 Å². The fourth-order valence-corrected chi connectivity index (χ4v) is 5.28. The summed E-state index contributed by atoms with van der Waals surface area (Å²) >= 11 is 0. The summed E-state index contributed by atoms with van der Waals surface area (Å²) < 4.78 is 32.3. The topological polar surface area (TPSA) is 80.2 Å². The van der Waals surface area contributed by atoms with Crippen LogP contribution in [0.4, 0.5) is 5.69 Å². The second kappa shape index (κ2) is 8.68. The molecule has 3 atom stereocenters. The first-order valence-corrected chi connectivity index (χ1v) is 11.2. The van der Waals surface area contributed by atoms with Crippen LogP contribution in [0.15, 0.2) is 29.2 Å². The van der Waals surface area contributed by atoms with Crippen molar-refractivity contribution in [2.24, 2.45) is 5.92 Å². The molecule has 1 aromatic rings. The van der Waals surface area contributed by atoms with Gasteiger partial charge in [0.25, 0.3) is 5.91 Å². The SMILES string of the molecule is C[C@@H]1CCC[NH+]([C@@H](C)C(=O)Nc2cccc(S(=O)(=O)N3CCOCC3)c2)C1. The van der Waals surface area contributed by atoms with Crippen LogP contribution >= 0.6 is 0 Å². The van der Waals surface area contributed by atoms with Crippen LogP contribution in [0.3, 0.4) is 0 Å². The first-order chi connectivity index (χ1) is 12.9. The summed E-state index contributed by atoms with van der Waals surface area (Å²) in [5.74, 6) is 0.561. The van der Waals surface area contributed by atoms with Crippen LogP contribution in [0, 0.1) is 5.92 Å². The molecular formula is C19H30N3O4S+. The lowest BCUT2D eigenvalue weighted by atomic mass is 9.99. The first kappa shape index (κ1) is 20.3. The molecule has 0 aromatic heterocycles. The van der Waals surface area contributed by atoms with Crippen LogP contribution in [-0.2, 0) is 19.6 Å². The Morgan fingerprint density at radius 1 is 1.33 bits per heavy atom. The molecule has 1 amide bonds. The van der Waals surface area contributed by atoms with Crippen LogP contribution in [0.5, 0.6) is 0 Å². The number of carbonyl (C=O) groups excluding carboxylic acids is 1. The van der Waals surface area contributed by atoms with Crippen LogP contribution in [0.25, 0.3) is 0 Å². The molecule has 27 heavy (non-hydrogen) atoms. The number of hydrogen-bond donors (Lipinski definition) is 2. The number of benzene rings is 1. The Labute approximate surface area is 161 Å². The Balaban J connectivity index is 1.69. The number of hydrogen-bond acceptors (Lipinski definition) is 4. The predicted octanol–water partition coefficient (Wildman–Crippen LogP) is 0.349. The van der Waals surface area contributed by atoms with Crippen molar-refractivity contribution in [2.75, 3.05) is 44.7 Å². The summed E-state index contributed by atoms with van der Waals surface area (Å²) in [4.78, 5) is 14.2. The highest BCUT2D eigenvalue weighted by Crippen LogP contribution is 2.20. The molecule has 8 heteroatoms. The summed E-state index contributed by atoms with van der Waals surface area (Å²) in [6.07, 6.45) is 2.36. The van der Waals surface area contributed by atoms with Crippen molar-refractivity contribution < 1.29 is 22.8 Å². The van der Waals surface area contributed by atoms with Gasteiger partial charge >= 0.3 is 0 Å². The zero-order valence-electron chi connectivity index (χ0n) is 16.1. The number of rotatable bonds is 5. The molecule has 2 aliphatic heterocycles. The van der Waals surface area contributed by atoms with Gasteiger partial charge in [-0.15, -0.1) is 0 Å². The molecule has 0 aliphatic carbocycles. The Hall–Kier alpha value is -1.48. The summed E-state index contributed by atoms with van der Waals surface area (Å²) in [6.45, 7) is 7.69. The van der Waals surface area contributed by atoms with E-state index in [1.807, 2.05) is 6.92 Å². The molecule has 1 unspecified atom stereocenters. The number of carbonyl (C=O) groups is 1. The number of likely N-dealkylation sites (tertiary alicyclic amines) is 1. The van der Waals surface area contributed by atoms with Crippen LogP contribution in [-0.4, -0.2) is 64.1 Å². The van der Waals surface area contributed by atoms with Gasteiger partial charge in [0.15, 0.2) is 6.04 Å². The van der Waals surface area contributed by atoms with Crippen molar-refractivity contribution in [3.8, 4) is 0 Å². The minimum Gasteiger partial charge on any atom is -0.379 e. The van der Waals surface area contributed by atoms with Crippen molar-refractivity contribution in [3.05, 3.63) is 24.3 Å². The standard InChI is InChI=1S/C19H29N3O4S/c1-15-5-4-8-21(14-15)16(2)19(23)20-17-6-3-7-18(13-17)27(24,25)22-9-11-26-12-10-22/h3,6-7,13,15-16H,4-5,8-12,14H2,1-2H3,(H,20,23)/p+1/t15-,16+/m1/s1. The summed E-state index contributed by atoms with van der Waals surface area (Å²) in [6, 6.07) is 6.36. The lowest BCUT2D eigenvalue weighted by Gasteiger charge is -2.31. The van der Waals surface area contributed by atoms with Crippen molar-refractivity contribution in [1.29, 1.82) is 0 Å². The fraction of sp³-hybridized carbons (Fsp3) is 0.632. The predicted molar refractivity (Wildman–Crippen MR) is 103 cm³/mol. The van der Waals surface area contributed by atoms with Crippen molar-refractivity contribution in [1.82, 2.24) is 4.31 Å². The number of nitrogens with zero attached hydrogens (tertiary/aromatic N) is 1. The highest BCUT2D eigenvalue weighted by molar-refractivity contribution is 7.89. The van der Waals surface area contributed by atoms with Gasteiger partial charge in [-0.2, -0.15) is 4.31 Å². The minimum atomic E-state index is -3.57. The molecular weight excluding hydrogens is 366 g/mol. The fourth-order valence-electron chi connectivity index (χ4n) is 3.83. The highest BCUT2D eigenvalue weighted by Gasteiger charge is 2.30. The molecule has 2 aliphatic rings. The largest absolute Gasteiger partial charge is 0.379 e. The lowest BCUT2D eigenvalue weighted by molar-refractivity contribution is -0.922. The molecule has 2 N–H and O–H groups in total. The van der Waals surface area contributed by atoms with Crippen molar-refractivity contribution >= 4 is 21.6 Å². The number of nitrogens with one attached hydrogen (secondary N) is 2. The molecule has 7 nitrogen and oxygen atoms in total. The molecule has 0 saturated carbocycles. The quantitative estimate of drug-likeness (QED) is 0.753. The normalized spacial score (nSPS) is 25.7. The van der Waals surface area contributed by atoms with Gasteiger partial charge in [-0.25, -0.2) is 8.42 Å². The molecule has 1 aromatic carbocycles. The van der Waals surface area contributed by atoms with Crippen molar-refractivity contribution in [3.63, 3.8) is 0 Å². The van der Waals surface area contributed by atoms with E-state index in [4.69, 9.17) is 4.74 Å². The molecule has 0 bridgehead atoms. The van der Waals surface area contributed by atoms with Gasteiger partial charge in [-0.05, 0) is 38.0 Å². The van der Waals surface area contributed by atoms with Gasteiger partial charge in [0, 0.05) is 24.7 Å². The molecule has 0 spiro atoms. The smallest absolute Gasteiger partial charge is 0.282 e. The minimum absolute atomic E-state index is 0.0694. The van der Waals surface area contributed by atoms with E-state index in [1.54, 1.807) is 24.3 Å². The van der Waals surface area contributed by atoms with Crippen LogP contribution in [0.1, 0.15) is 26.7 Å². The van der Waals surface area contributed by atoms with E-state index in [2.05, 4.69) is 12.2 Å². The van der Waals surface area contributed by atoms with E-state index in [-0.39, 0.29) is 16.8 Å². The maximum Gasteiger partial charge on any atom is 0.282 e. The average molecular weight is 397 g/mol. The maximum atomic E-state index is 12.8. The Kier molecular flexibility index (Phi) is 6.52. The van der Waals surface area contributed by atoms with Gasteiger partial charge in [-0.1, -0.05) is 13.0 Å². The molecule has 0 radical (unpaired) electrons. The summed E-state index contributed by atoms with van der Waals surface area (Å²) in [5, 5.41) is 2.90. The molecule has 150 valence electrons. The van der Waals surface area contributed by atoms with E-state index < -0.39 is 10.0 Å². The van der Waals surface area contributed by atoms with E-state index in [0.717, 1.165) is 19.5 Å².